The second-order valence-electron chi connectivity index (χ2n) is 14.6. The first-order chi connectivity index (χ1) is 24.1. The van der Waals surface area contributed by atoms with E-state index in [0.717, 1.165) is 75.2 Å². The number of hydrogen-bond donors (Lipinski definition) is 3. The maximum atomic E-state index is 13.5. The Hall–Kier alpha value is -2.21. The summed E-state index contributed by atoms with van der Waals surface area (Å²) in [5.74, 6) is 2.21. The Morgan fingerprint density at radius 3 is 2.56 bits per heavy atom. The van der Waals surface area contributed by atoms with Crippen molar-refractivity contribution in [2.24, 2.45) is 23.7 Å². The fourth-order valence-electron chi connectivity index (χ4n) is 7.71. The molecule has 2 aromatic carbocycles. The highest BCUT2D eigenvalue weighted by Crippen LogP contribution is 2.45. The van der Waals surface area contributed by atoms with Crippen molar-refractivity contribution in [3.63, 3.8) is 0 Å². The number of anilines is 1. The second kappa shape index (κ2) is 19.6. The number of aryl methyl sites for hydroxylation is 1. The van der Waals surface area contributed by atoms with Crippen LogP contribution in [0.4, 0.5) is 5.69 Å². The van der Waals surface area contributed by atoms with Crippen molar-refractivity contribution in [3.05, 3.63) is 58.1 Å². The normalized spacial score (nSPS) is 27.8. The third-order valence-corrected chi connectivity index (χ3v) is 13.0. The van der Waals surface area contributed by atoms with Crippen LogP contribution in [0.5, 0.6) is 5.75 Å². The minimum atomic E-state index is -1.50. The monoisotopic (exact) mass is 733 g/mol. The molecule has 8 unspecified atom stereocenters. The summed E-state index contributed by atoms with van der Waals surface area (Å²) in [5, 5.41) is 17.4. The molecule has 1 fully saturated rings. The van der Waals surface area contributed by atoms with E-state index >= 15 is 0 Å². The Labute approximate surface area is 307 Å². The van der Waals surface area contributed by atoms with E-state index in [1.54, 1.807) is 6.07 Å². The van der Waals surface area contributed by atoms with Crippen molar-refractivity contribution in [1.82, 2.24) is 9.62 Å². The lowest BCUT2D eigenvalue weighted by Gasteiger charge is -2.45. The second-order valence-corrected chi connectivity index (χ2v) is 16.6. The van der Waals surface area contributed by atoms with Gasteiger partial charge in [0, 0.05) is 43.3 Å². The van der Waals surface area contributed by atoms with Crippen LogP contribution in [0.25, 0.3) is 0 Å². The molecular weight excluding hydrogens is 674 g/mol. The maximum absolute atomic E-state index is 13.5. The van der Waals surface area contributed by atoms with E-state index in [1.165, 1.54) is 17.5 Å². The molecule has 3 aliphatic rings. The number of carbonyl (C=O) groups excluding carboxylic acids is 1. The number of rotatable bonds is 9. The zero-order valence-electron chi connectivity index (χ0n) is 30.9. The third kappa shape index (κ3) is 10.2. The summed E-state index contributed by atoms with van der Waals surface area (Å²) < 4.78 is 29.0. The number of nitrogens with zero attached hydrogens (tertiary/aromatic N) is 2. The van der Waals surface area contributed by atoms with Gasteiger partial charge in [0.1, 0.15) is 16.7 Å². The number of hydrogen-bond acceptors (Lipinski definition) is 8. The van der Waals surface area contributed by atoms with E-state index in [-0.39, 0.29) is 35.6 Å². The number of carbonyl (C=O) groups is 1. The SMILES string of the molecule is CCCc1cc(Cl)ccc1C1COc2ccc3cc2N(C1)CC1CCC1C(COCC(CO)N(C)C)CCCC(C)C(C)S(=O)NC3=O.CO. The van der Waals surface area contributed by atoms with E-state index in [2.05, 4.69) is 35.6 Å². The zero-order chi connectivity index (χ0) is 36.4. The quantitative estimate of drug-likeness (QED) is 0.285. The van der Waals surface area contributed by atoms with Crippen molar-refractivity contribution < 1.29 is 28.7 Å². The number of fused-ring (bicyclic) bond motifs is 2. The van der Waals surface area contributed by atoms with Gasteiger partial charge in [0.05, 0.1) is 36.8 Å². The number of aliphatic hydroxyl groups excluding tert-OH is 2. The number of nitrogens with one attached hydrogen (secondary N) is 1. The number of likely N-dealkylation sites (N-methyl/N-ethyl adjacent to an activating group) is 1. The van der Waals surface area contributed by atoms with Gasteiger partial charge in [0.2, 0.25) is 0 Å². The summed E-state index contributed by atoms with van der Waals surface area (Å²) in [7, 11) is 3.45. The predicted molar refractivity (Wildman–Crippen MR) is 204 cm³/mol. The molecule has 2 bridgehead atoms. The Kier molecular flexibility index (Phi) is 15.9. The van der Waals surface area contributed by atoms with Crippen LogP contribution in [0.1, 0.15) is 86.7 Å². The number of benzene rings is 2. The van der Waals surface area contributed by atoms with Crippen LogP contribution in [-0.2, 0) is 22.1 Å². The number of ether oxygens (including phenoxy) is 2. The maximum Gasteiger partial charge on any atom is 0.263 e. The largest absolute Gasteiger partial charge is 0.491 e. The summed E-state index contributed by atoms with van der Waals surface area (Å²) in [6.07, 6.45) is 7.32. The van der Waals surface area contributed by atoms with E-state index in [9.17, 15) is 14.1 Å². The van der Waals surface area contributed by atoms with Gasteiger partial charge in [-0.1, -0.05) is 44.4 Å². The van der Waals surface area contributed by atoms with Crippen LogP contribution >= 0.6 is 11.6 Å². The molecule has 2 aliphatic heterocycles. The first kappa shape index (κ1) is 40.6. The first-order valence-corrected chi connectivity index (χ1v) is 20.0. The zero-order valence-corrected chi connectivity index (χ0v) is 32.5. The lowest BCUT2D eigenvalue weighted by atomic mass is 9.65. The average Bonchev–Trinajstić information content (AvgIpc) is 3.27. The van der Waals surface area contributed by atoms with Crippen LogP contribution in [0.15, 0.2) is 36.4 Å². The number of aliphatic hydroxyl groups is 2. The van der Waals surface area contributed by atoms with Gasteiger partial charge < -0.3 is 29.5 Å². The Bertz CT molecular complexity index is 1410. The van der Waals surface area contributed by atoms with Gasteiger partial charge >= 0.3 is 0 Å². The molecule has 280 valence electrons. The molecule has 0 spiro atoms. The van der Waals surface area contributed by atoms with Crippen molar-refractivity contribution in [1.29, 1.82) is 0 Å². The molecule has 1 amide bonds. The van der Waals surface area contributed by atoms with Crippen LogP contribution in [0.3, 0.4) is 0 Å². The van der Waals surface area contributed by atoms with Gasteiger partial charge in [-0.2, -0.15) is 0 Å². The molecule has 8 atom stereocenters. The van der Waals surface area contributed by atoms with E-state index in [0.29, 0.717) is 43.1 Å². The summed E-state index contributed by atoms with van der Waals surface area (Å²) in [6.45, 7) is 9.72. The van der Waals surface area contributed by atoms with Gasteiger partial charge in [-0.15, -0.1) is 0 Å². The highest BCUT2D eigenvalue weighted by molar-refractivity contribution is 7.84. The minimum Gasteiger partial charge on any atom is -0.491 e. The highest BCUT2D eigenvalue weighted by Gasteiger charge is 2.39. The smallest absolute Gasteiger partial charge is 0.263 e. The Morgan fingerprint density at radius 1 is 1.10 bits per heavy atom. The fourth-order valence-corrected chi connectivity index (χ4v) is 8.95. The summed E-state index contributed by atoms with van der Waals surface area (Å²) in [6, 6.07) is 11.9. The molecule has 1 saturated carbocycles. The molecule has 11 heteroatoms. The lowest BCUT2D eigenvalue weighted by molar-refractivity contribution is -0.00608. The van der Waals surface area contributed by atoms with Gasteiger partial charge in [-0.25, -0.2) is 4.21 Å². The molecule has 0 aromatic heterocycles. The summed E-state index contributed by atoms with van der Waals surface area (Å²) in [4.78, 5) is 17.9. The van der Waals surface area contributed by atoms with E-state index < -0.39 is 11.0 Å². The molecule has 5 rings (SSSR count). The summed E-state index contributed by atoms with van der Waals surface area (Å²) >= 11 is 6.46. The molecular formula is C39H60ClN3O6S. The minimum absolute atomic E-state index is 0.0235. The molecule has 3 N–H and O–H groups in total. The van der Waals surface area contributed by atoms with Crippen molar-refractivity contribution >= 4 is 34.2 Å². The van der Waals surface area contributed by atoms with Crippen molar-refractivity contribution in [2.45, 2.75) is 82.9 Å². The van der Waals surface area contributed by atoms with Gasteiger partial charge in [0.25, 0.3) is 5.91 Å². The van der Waals surface area contributed by atoms with Gasteiger partial charge in [0.15, 0.2) is 0 Å². The number of halogens is 1. The molecule has 0 saturated heterocycles. The highest BCUT2D eigenvalue weighted by atomic mass is 35.5. The third-order valence-electron chi connectivity index (χ3n) is 11.2. The molecule has 1 aliphatic carbocycles. The van der Waals surface area contributed by atoms with Gasteiger partial charge in [-0.05, 0) is 118 Å². The van der Waals surface area contributed by atoms with E-state index in [1.807, 2.05) is 44.1 Å². The average molecular weight is 734 g/mol. The predicted octanol–water partition coefficient (Wildman–Crippen LogP) is 6.07. The number of amides is 1. The topological polar surface area (TPSA) is 112 Å². The fraction of sp³-hybridized carbons (Fsp3) is 0.667. The molecule has 50 heavy (non-hydrogen) atoms. The Morgan fingerprint density at radius 2 is 1.88 bits per heavy atom. The standard InChI is InChI=1S/C38H56ClN3O5S.CH4O/c1-6-8-27-17-32(39)13-15-34(27)31-20-42-19-29-11-14-35(29)30(22-46-24-33(21-43)41(4)5)10-7-9-25(2)26(3)48(45)40-38(44)28-12-16-37(47-23-31)36(42)18-28;1-2/h12-13,15-18,25-26,29-31,33,35,43H,6-11,14,19-24H2,1-5H3,(H,40,44);2H,1H3. The van der Waals surface area contributed by atoms with Crippen molar-refractivity contribution in [2.75, 3.05) is 65.6 Å². The summed E-state index contributed by atoms with van der Waals surface area (Å²) in [5.41, 5.74) is 3.96. The first-order valence-electron chi connectivity index (χ1n) is 18.4. The van der Waals surface area contributed by atoms with Crippen LogP contribution in [0, 0.1) is 23.7 Å². The lowest BCUT2D eigenvalue weighted by Crippen LogP contribution is -2.44. The molecule has 0 radical (unpaired) electrons. The van der Waals surface area contributed by atoms with Crippen LogP contribution in [-0.4, -0.2) is 97.2 Å². The molecule has 2 heterocycles. The Balaban J connectivity index is 0.00000276. The van der Waals surface area contributed by atoms with Crippen LogP contribution < -0.4 is 14.4 Å². The van der Waals surface area contributed by atoms with Gasteiger partial charge in [-0.3, -0.25) is 9.52 Å². The van der Waals surface area contributed by atoms with E-state index in [4.69, 9.17) is 26.2 Å². The molecule has 9 nitrogen and oxygen atoms in total. The van der Waals surface area contributed by atoms with Crippen molar-refractivity contribution in [3.8, 4) is 5.75 Å². The van der Waals surface area contributed by atoms with Crippen LogP contribution in [0.2, 0.25) is 5.02 Å². The molecule has 2 aromatic rings.